The topological polar surface area (TPSA) is 314 Å². The molecule has 22 heteroatoms. The zero-order valence-electron chi connectivity index (χ0n) is 18.1. The molecule has 2 fully saturated rings. The van der Waals surface area contributed by atoms with Crippen LogP contribution in [0.1, 0.15) is 6.23 Å². The number of hydrogen-bond donors (Lipinski definition) is 9. The van der Waals surface area contributed by atoms with Gasteiger partial charge in [-0.05, 0) is 0 Å². The Labute approximate surface area is 204 Å². The Bertz CT molecular complexity index is 1200. The van der Waals surface area contributed by atoms with E-state index < -0.39 is 94.7 Å². The van der Waals surface area contributed by atoms with Crippen LogP contribution in [0.25, 0.3) is 0 Å². The van der Waals surface area contributed by atoms with Gasteiger partial charge in [-0.25, -0.2) is 18.7 Å². The summed E-state index contributed by atoms with van der Waals surface area (Å²) in [5.74, 6) is -1.85. The summed E-state index contributed by atoms with van der Waals surface area (Å²) in [6.07, 6.45) is -17.2. The van der Waals surface area contributed by atoms with E-state index in [9.17, 15) is 58.8 Å². The van der Waals surface area contributed by atoms with Crippen molar-refractivity contribution in [3.05, 3.63) is 33.1 Å². The predicted octanol–water partition coefficient (Wildman–Crippen LogP) is -4.70. The van der Waals surface area contributed by atoms with Gasteiger partial charge in [-0.1, -0.05) is 0 Å². The van der Waals surface area contributed by atoms with Crippen molar-refractivity contribution in [2.75, 3.05) is 6.61 Å². The Morgan fingerprint density at radius 3 is 2.22 bits per heavy atom. The molecule has 0 bridgehead atoms. The first-order chi connectivity index (χ1) is 17.0. The van der Waals surface area contributed by atoms with E-state index in [1.54, 1.807) is 0 Å². The van der Waals surface area contributed by atoms with Crippen molar-refractivity contribution in [3.8, 4) is 0 Å². The van der Waals surface area contributed by atoms with E-state index in [-0.39, 0.29) is 0 Å². The molecule has 0 aliphatic carbocycles. The lowest BCUT2D eigenvalue weighted by molar-refractivity contribution is -0.274. The van der Waals surface area contributed by atoms with Crippen molar-refractivity contribution < 1.29 is 77.2 Å². The van der Waals surface area contributed by atoms with Crippen molar-refractivity contribution in [2.45, 2.75) is 55.2 Å². The molecule has 0 aromatic carbocycles. The highest BCUT2D eigenvalue weighted by Crippen LogP contribution is 2.61. The van der Waals surface area contributed by atoms with Crippen molar-refractivity contribution in [1.29, 1.82) is 0 Å². The first-order valence-corrected chi connectivity index (χ1v) is 13.0. The van der Waals surface area contributed by atoms with Crippen LogP contribution in [-0.4, -0.2) is 112 Å². The molecule has 2 aliphatic rings. The van der Waals surface area contributed by atoms with Gasteiger partial charge in [0.2, 0.25) is 0 Å². The lowest BCUT2D eigenvalue weighted by Crippen LogP contribution is -2.60. The second-order valence-corrected chi connectivity index (χ2v) is 10.7. The quantitative estimate of drug-likeness (QED) is 0.124. The van der Waals surface area contributed by atoms with Gasteiger partial charge in [0.05, 0.1) is 6.61 Å². The summed E-state index contributed by atoms with van der Waals surface area (Å²) in [4.78, 5) is 55.5. The number of phosphoric acid groups is 2. The molecule has 210 valence electrons. The van der Waals surface area contributed by atoms with Crippen LogP contribution in [0.15, 0.2) is 21.9 Å². The number of rotatable bonds is 9. The average molecular weight is 580 g/mol. The highest BCUT2D eigenvalue weighted by molar-refractivity contribution is 7.61. The molecule has 1 aromatic heterocycles. The Morgan fingerprint density at radius 1 is 0.973 bits per heavy atom. The summed E-state index contributed by atoms with van der Waals surface area (Å²) < 4.78 is 47.6. The Kier molecular flexibility index (Phi) is 8.89. The standard InChI is InChI=1S/C15H22N2O18P2/c18-5-1-2-17(15(26)16-5)12-9(22)6(19)4(32-12)3-31-36(27,28)35-37(29,30)34-14-10(23)7(20)8(21)11(33-14)13(24)25/h1-2,4,6-12,14,19-23H,3H2,(H,24,25)(H,27,28)(H,29,30)(H,16,18,26)/t4-,6-,7+,8+,9-,10-,11-,12-,14?/m1/s1. The number of nitrogens with zero attached hydrogens (tertiary/aromatic N) is 1. The van der Waals surface area contributed by atoms with E-state index >= 15 is 0 Å². The number of aliphatic hydroxyl groups excluding tert-OH is 5. The maximum Gasteiger partial charge on any atom is 0.483 e. The van der Waals surface area contributed by atoms with Gasteiger partial charge in [-0.15, -0.1) is 0 Å². The molecular formula is C15H22N2O18P2. The zero-order valence-corrected chi connectivity index (χ0v) is 19.8. The average Bonchev–Trinajstić information content (AvgIpc) is 3.05. The molecule has 0 amide bonds. The van der Waals surface area contributed by atoms with E-state index in [1.807, 2.05) is 4.98 Å². The van der Waals surface area contributed by atoms with E-state index in [4.69, 9.17) is 9.84 Å². The van der Waals surface area contributed by atoms with Gasteiger partial charge in [0.15, 0.2) is 18.6 Å². The molecule has 0 spiro atoms. The molecule has 11 atom stereocenters. The molecule has 0 saturated carbocycles. The van der Waals surface area contributed by atoms with E-state index in [0.29, 0.717) is 4.57 Å². The second kappa shape index (κ2) is 11.1. The molecule has 2 aliphatic heterocycles. The molecule has 3 heterocycles. The lowest BCUT2D eigenvalue weighted by atomic mass is 9.99. The van der Waals surface area contributed by atoms with Crippen molar-refractivity contribution >= 4 is 21.6 Å². The maximum atomic E-state index is 12.2. The summed E-state index contributed by atoms with van der Waals surface area (Å²) in [6, 6.07) is 0.910. The molecule has 2 saturated heterocycles. The fraction of sp³-hybridized carbons (Fsp3) is 0.667. The van der Waals surface area contributed by atoms with Gasteiger partial charge < -0.3 is 49.9 Å². The van der Waals surface area contributed by atoms with Crippen LogP contribution in [0.4, 0.5) is 0 Å². The summed E-state index contributed by atoms with van der Waals surface area (Å²) in [7, 11) is -11.3. The van der Waals surface area contributed by atoms with Crippen LogP contribution in [0, 0.1) is 0 Å². The molecule has 1 aromatic rings. The van der Waals surface area contributed by atoms with Crippen LogP contribution < -0.4 is 11.2 Å². The number of phosphoric ester groups is 2. The lowest BCUT2D eigenvalue weighted by Gasteiger charge is -2.38. The number of aliphatic carboxylic acids is 1. The summed E-state index contributed by atoms with van der Waals surface area (Å²) in [5.41, 5.74) is -1.78. The number of H-pyrrole nitrogens is 1. The number of ether oxygens (including phenoxy) is 2. The van der Waals surface area contributed by atoms with Crippen LogP contribution in [0.5, 0.6) is 0 Å². The molecule has 9 N–H and O–H groups in total. The molecular weight excluding hydrogens is 558 g/mol. The summed E-state index contributed by atoms with van der Waals surface area (Å²) in [6.45, 7) is -1.07. The minimum Gasteiger partial charge on any atom is -0.479 e. The van der Waals surface area contributed by atoms with Gasteiger partial charge in [-0.2, -0.15) is 4.31 Å². The summed E-state index contributed by atoms with van der Waals surface area (Å²) >= 11 is 0. The maximum absolute atomic E-state index is 12.2. The number of hydrogen-bond acceptors (Lipinski definition) is 15. The minimum absolute atomic E-state index is 0.700. The van der Waals surface area contributed by atoms with Gasteiger partial charge in [0, 0.05) is 12.3 Å². The number of nitrogens with one attached hydrogen (secondary N) is 1. The number of aliphatic hydroxyl groups is 5. The van der Waals surface area contributed by atoms with Crippen LogP contribution >= 0.6 is 15.6 Å². The first-order valence-electron chi connectivity index (χ1n) is 9.98. The first kappa shape index (κ1) is 29.7. The van der Waals surface area contributed by atoms with Gasteiger partial charge in [0.25, 0.3) is 5.56 Å². The summed E-state index contributed by atoms with van der Waals surface area (Å²) in [5, 5.41) is 58.3. The minimum atomic E-state index is -5.72. The van der Waals surface area contributed by atoms with Crippen molar-refractivity contribution in [1.82, 2.24) is 9.55 Å². The Morgan fingerprint density at radius 2 is 1.62 bits per heavy atom. The monoisotopic (exact) mass is 580 g/mol. The van der Waals surface area contributed by atoms with Crippen LogP contribution in [0.3, 0.4) is 0 Å². The molecule has 37 heavy (non-hydrogen) atoms. The molecule has 20 nitrogen and oxygen atoms in total. The van der Waals surface area contributed by atoms with Crippen molar-refractivity contribution in [2.24, 2.45) is 0 Å². The number of aromatic nitrogens is 2. The fourth-order valence-electron chi connectivity index (χ4n) is 3.34. The number of carboxylic acid groups (broad SMARTS) is 1. The van der Waals surface area contributed by atoms with Crippen LogP contribution in [-0.2, 0) is 36.8 Å². The third-order valence-corrected chi connectivity index (χ3v) is 7.72. The highest BCUT2D eigenvalue weighted by atomic mass is 31.3. The van der Waals surface area contributed by atoms with Gasteiger partial charge in [-0.3, -0.25) is 23.4 Å². The highest BCUT2D eigenvalue weighted by Gasteiger charge is 2.51. The third-order valence-electron chi connectivity index (χ3n) is 5.12. The Hall–Kier alpha value is -1.87. The fourth-order valence-corrected chi connectivity index (χ4v) is 5.49. The zero-order chi connectivity index (χ0) is 27.9. The number of aromatic amines is 1. The third kappa shape index (κ3) is 6.77. The second-order valence-electron chi connectivity index (χ2n) is 7.72. The normalized spacial score (nSPS) is 37.5. The number of carbonyl (C=O) groups is 1. The van der Waals surface area contributed by atoms with E-state index in [0.717, 1.165) is 12.3 Å². The number of carboxylic acids is 1. The predicted molar refractivity (Wildman–Crippen MR) is 109 cm³/mol. The molecule has 3 unspecified atom stereocenters. The largest absolute Gasteiger partial charge is 0.483 e. The SMILES string of the molecule is O=C(O)[C@@H]1OC(OP(=O)(O)OP(=O)(O)OC[C@H]2O[C@@H](n3ccc(=O)[nH]c3=O)[C@H](O)[C@@H]2O)[C@H](O)[C@@H](O)[C@@H]1O. The van der Waals surface area contributed by atoms with Crippen LogP contribution in [0.2, 0.25) is 0 Å². The van der Waals surface area contributed by atoms with E-state index in [2.05, 4.69) is 18.1 Å². The smallest absolute Gasteiger partial charge is 0.479 e. The molecule has 3 rings (SSSR count). The van der Waals surface area contributed by atoms with Gasteiger partial charge >= 0.3 is 27.3 Å². The molecule has 0 radical (unpaired) electrons. The Balaban J connectivity index is 1.63. The van der Waals surface area contributed by atoms with E-state index in [1.165, 1.54) is 0 Å². The van der Waals surface area contributed by atoms with Gasteiger partial charge in [0.1, 0.15) is 36.6 Å². The van der Waals surface area contributed by atoms with Crippen molar-refractivity contribution in [3.63, 3.8) is 0 Å².